The molecule has 22 heavy (non-hydrogen) atoms. The van der Waals surface area contributed by atoms with E-state index >= 15 is 0 Å². The first-order chi connectivity index (χ1) is 10.5. The van der Waals surface area contributed by atoms with Gasteiger partial charge in [0.2, 0.25) is 10.0 Å². The smallest absolute Gasteiger partial charge is 0.244 e. The molecule has 0 aliphatic rings. The molecule has 1 N–H and O–H groups in total. The van der Waals surface area contributed by atoms with Crippen LogP contribution < -0.4 is 14.2 Å². The van der Waals surface area contributed by atoms with E-state index in [4.69, 9.17) is 9.47 Å². The van der Waals surface area contributed by atoms with Gasteiger partial charge in [-0.15, -0.1) is 0 Å². The van der Waals surface area contributed by atoms with E-state index in [0.29, 0.717) is 5.75 Å². The van der Waals surface area contributed by atoms with Crippen molar-refractivity contribution < 1.29 is 22.3 Å². The molecule has 0 saturated carbocycles. The summed E-state index contributed by atoms with van der Waals surface area (Å²) in [7, 11) is -2.55. The summed E-state index contributed by atoms with van der Waals surface area (Å²) in [5.41, 5.74) is 0. The summed E-state index contributed by atoms with van der Waals surface area (Å²) < 4.78 is 50.3. The minimum absolute atomic E-state index is 0.0525. The van der Waals surface area contributed by atoms with Crippen LogP contribution in [0.25, 0.3) is 0 Å². The second kappa shape index (κ2) is 7.24. The topological polar surface area (TPSA) is 64.6 Å². The molecule has 2 aromatic carbocycles. The van der Waals surface area contributed by atoms with E-state index in [1.54, 1.807) is 12.1 Å². The van der Waals surface area contributed by atoms with Crippen LogP contribution in [0.4, 0.5) is 4.39 Å². The van der Waals surface area contributed by atoms with E-state index in [2.05, 4.69) is 4.72 Å². The van der Waals surface area contributed by atoms with E-state index in [0.717, 1.165) is 12.1 Å². The molecule has 2 rings (SSSR count). The second-order valence-electron chi connectivity index (χ2n) is 4.35. The third-order valence-electron chi connectivity index (χ3n) is 2.82. The lowest BCUT2D eigenvalue weighted by molar-refractivity contribution is 0.322. The Kier molecular flexibility index (Phi) is 5.35. The Labute approximate surface area is 128 Å². The van der Waals surface area contributed by atoms with Gasteiger partial charge in [0.1, 0.15) is 28.8 Å². The van der Waals surface area contributed by atoms with Crippen molar-refractivity contribution >= 4 is 10.0 Å². The highest BCUT2D eigenvalue weighted by Gasteiger charge is 2.19. The Balaban J connectivity index is 1.98. The molecule has 0 spiro atoms. The highest BCUT2D eigenvalue weighted by Crippen LogP contribution is 2.24. The lowest BCUT2D eigenvalue weighted by atomic mass is 10.3. The van der Waals surface area contributed by atoms with Crippen LogP contribution >= 0.6 is 0 Å². The Morgan fingerprint density at radius 1 is 1.14 bits per heavy atom. The van der Waals surface area contributed by atoms with Gasteiger partial charge in [-0.25, -0.2) is 17.5 Å². The third kappa shape index (κ3) is 4.19. The lowest BCUT2D eigenvalue weighted by Gasteiger charge is -2.11. The summed E-state index contributed by atoms with van der Waals surface area (Å²) in [5, 5.41) is 0. The van der Waals surface area contributed by atoms with Crippen LogP contribution in [0.2, 0.25) is 0 Å². The molecule has 0 atom stereocenters. The van der Waals surface area contributed by atoms with Crippen molar-refractivity contribution in [2.75, 3.05) is 20.3 Å². The SMILES string of the molecule is COc1ccc(F)cc1S(=O)(=O)NCCOc1ccccc1. The van der Waals surface area contributed by atoms with Gasteiger partial charge in [-0.1, -0.05) is 18.2 Å². The number of para-hydroxylation sites is 1. The van der Waals surface area contributed by atoms with Crippen molar-refractivity contribution in [3.8, 4) is 11.5 Å². The molecule has 5 nitrogen and oxygen atoms in total. The van der Waals surface area contributed by atoms with Gasteiger partial charge in [0.05, 0.1) is 7.11 Å². The van der Waals surface area contributed by atoms with Crippen LogP contribution in [0.15, 0.2) is 53.4 Å². The number of benzene rings is 2. The van der Waals surface area contributed by atoms with Crippen molar-refractivity contribution in [3.05, 3.63) is 54.3 Å². The maximum Gasteiger partial charge on any atom is 0.244 e. The minimum Gasteiger partial charge on any atom is -0.495 e. The van der Waals surface area contributed by atoms with E-state index in [9.17, 15) is 12.8 Å². The van der Waals surface area contributed by atoms with Crippen molar-refractivity contribution in [2.24, 2.45) is 0 Å². The molecule has 0 bridgehead atoms. The number of halogens is 1. The Bertz CT molecular complexity index is 720. The molecule has 0 amide bonds. The fraction of sp³-hybridized carbons (Fsp3) is 0.200. The first kappa shape index (κ1) is 16.3. The number of nitrogens with one attached hydrogen (secondary N) is 1. The van der Waals surface area contributed by atoms with E-state index in [1.165, 1.54) is 13.2 Å². The number of rotatable bonds is 7. The zero-order valence-electron chi connectivity index (χ0n) is 12.0. The highest BCUT2D eigenvalue weighted by molar-refractivity contribution is 7.89. The second-order valence-corrected chi connectivity index (χ2v) is 6.09. The van der Waals surface area contributed by atoms with Crippen molar-refractivity contribution in [3.63, 3.8) is 0 Å². The average molecular weight is 325 g/mol. The van der Waals surface area contributed by atoms with Gasteiger partial charge in [-0.05, 0) is 30.3 Å². The van der Waals surface area contributed by atoms with Crippen molar-refractivity contribution in [1.82, 2.24) is 4.72 Å². The summed E-state index contributed by atoms with van der Waals surface area (Å²) in [6, 6.07) is 12.3. The predicted molar refractivity (Wildman–Crippen MR) is 80.1 cm³/mol. The van der Waals surface area contributed by atoms with E-state index in [-0.39, 0.29) is 23.8 Å². The van der Waals surface area contributed by atoms with Crippen LogP contribution in [-0.2, 0) is 10.0 Å². The first-order valence-corrected chi connectivity index (χ1v) is 8.02. The molecule has 0 radical (unpaired) electrons. The molecular formula is C15H16FNO4S. The molecule has 0 fully saturated rings. The van der Waals surface area contributed by atoms with Gasteiger partial charge >= 0.3 is 0 Å². The summed E-state index contributed by atoms with van der Waals surface area (Å²) in [5.74, 6) is 0.0737. The van der Waals surface area contributed by atoms with Crippen LogP contribution in [0.5, 0.6) is 11.5 Å². The van der Waals surface area contributed by atoms with Gasteiger partial charge in [-0.3, -0.25) is 0 Å². The van der Waals surface area contributed by atoms with Gasteiger partial charge in [0, 0.05) is 6.54 Å². The molecule has 2 aromatic rings. The standard InChI is InChI=1S/C15H16FNO4S/c1-20-14-8-7-12(16)11-15(14)22(18,19)17-9-10-21-13-5-3-2-4-6-13/h2-8,11,17H,9-10H2,1H3. The molecule has 7 heteroatoms. The maximum atomic E-state index is 13.3. The zero-order chi connectivity index (χ0) is 16.0. The number of ether oxygens (including phenoxy) is 2. The number of methoxy groups -OCH3 is 1. The van der Waals surface area contributed by atoms with Crippen LogP contribution in [0.3, 0.4) is 0 Å². The molecule has 0 aromatic heterocycles. The monoisotopic (exact) mass is 325 g/mol. The molecule has 0 aliphatic heterocycles. The quantitative estimate of drug-likeness (QED) is 0.793. The summed E-state index contributed by atoms with van der Waals surface area (Å²) in [4.78, 5) is -0.241. The third-order valence-corrected chi connectivity index (χ3v) is 4.30. The summed E-state index contributed by atoms with van der Waals surface area (Å²) in [6.07, 6.45) is 0. The van der Waals surface area contributed by atoms with Gasteiger partial charge in [0.25, 0.3) is 0 Å². The first-order valence-electron chi connectivity index (χ1n) is 6.54. The molecule has 118 valence electrons. The average Bonchev–Trinajstić information content (AvgIpc) is 2.52. The normalized spacial score (nSPS) is 11.2. The van der Waals surface area contributed by atoms with Crippen LogP contribution in [0, 0.1) is 5.82 Å². The van der Waals surface area contributed by atoms with Crippen molar-refractivity contribution in [2.45, 2.75) is 4.90 Å². The molecule has 0 unspecified atom stereocenters. The van der Waals surface area contributed by atoms with Crippen molar-refractivity contribution in [1.29, 1.82) is 0 Å². The molecule has 0 saturated heterocycles. The number of sulfonamides is 1. The minimum atomic E-state index is -3.87. The Morgan fingerprint density at radius 2 is 1.86 bits per heavy atom. The number of hydrogen-bond acceptors (Lipinski definition) is 4. The Morgan fingerprint density at radius 3 is 2.55 bits per heavy atom. The Hall–Kier alpha value is -2.12. The molecule has 0 aliphatic carbocycles. The van der Waals surface area contributed by atoms with Gasteiger partial charge in [0.15, 0.2) is 0 Å². The van der Waals surface area contributed by atoms with E-state index in [1.807, 2.05) is 18.2 Å². The highest BCUT2D eigenvalue weighted by atomic mass is 32.2. The summed E-state index contributed by atoms with van der Waals surface area (Å²) >= 11 is 0. The van der Waals surface area contributed by atoms with Crippen LogP contribution in [-0.4, -0.2) is 28.7 Å². The lowest BCUT2D eigenvalue weighted by Crippen LogP contribution is -2.28. The molecule has 0 heterocycles. The van der Waals surface area contributed by atoms with Gasteiger partial charge in [-0.2, -0.15) is 0 Å². The summed E-state index contributed by atoms with van der Waals surface area (Å²) in [6.45, 7) is 0.206. The van der Waals surface area contributed by atoms with Crippen LogP contribution in [0.1, 0.15) is 0 Å². The zero-order valence-corrected chi connectivity index (χ0v) is 12.8. The largest absolute Gasteiger partial charge is 0.495 e. The predicted octanol–water partition coefficient (Wildman–Crippen LogP) is 2.19. The fourth-order valence-corrected chi connectivity index (χ4v) is 2.99. The maximum absolute atomic E-state index is 13.3. The number of hydrogen-bond donors (Lipinski definition) is 1. The van der Waals surface area contributed by atoms with E-state index < -0.39 is 15.8 Å². The molecular weight excluding hydrogens is 309 g/mol. The van der Waals surface area contributed by atoms with Gasteiger partial charge < -0.3 is 9.47 Å². The fourth-order valence-electron chi connectivity index (χ4n) is 1.80.